The normalized spacial score (nSPS) is 21.4. The standard InChI is InChI=1S/C12H19N7/c13-11(17-9-4-3-6-15-8-9)19-12(14)18-10-5-1-2-7-16-10/h1-2,5,7,9,15H,3-4,6,8H2,(H5,13,14,16,17,18,19)/p+1. The van der Waals surface area contributed by atoms with E-state index in [2.05, 4.69) is 20.3 Å². The predicted molar refractivity (Wildman–Crippen MR) is 75.0 cm³/mol. The van der Waals surface area contributed by atoms with Crippen molar-refractivity contribution in [2.75, 3.05) is 13.1 Å². The van der Waals surface area contributed by atoms with E-state index in [4.69, 9.17) is 11.5 Å². The van der Waals surface area contributed by atoms with Crippen LogP contribution in [0.5, 0.6) is 0 Å². The quantitative estimate of drug-likeness (QED) is 0.389. The molecule has 1 aliphatic heterocycles. The zero-order chi connectivity index (χ0) is 13.5. The summed E-state index contributed by atoms with van der Waals surface area (Å²) in [7, 11) is 0. The zero-order valence-corrected chi connectivity index (χ0v) is 10.8. The fourth-order valence-corrected chi connectivity index (χ4v) is 1.94. The third-order valence-corrected chi connectivity index (χ3v) is 2.81. The Morgan fingerprint density at radius 3 is 3.00 bits per heavy atom. The van der Waals surface area contributed by atoms with Crippen molar-refractivity contribution in [3.63, 3.8) is 0 Å². The maximum atomic E-state index is 5.79. The van der Waals surface area contributed by atoms with Gasteiger partial charge in [-0.1, -0.05) is 6.07 Å². The fourth-order valence-electron chi connectivity index (χ4n) is 1.94. The van der Waals surface area contributed by atoms with E-state index in [-0.39, 0.29) is 12.0 Å². The van der Waals surface area contributed by atoms with E-state index in [9.17, 15) is 0 Å². The Balaban J connectivity index is 1.93. The first-order valence-electron chi connectivity index (χ1n) is 6.38. The minimum Gasteiger partial charge on any atom is -0.368 e. The molecule has 0 bridgehead atoms. The highest BCUT2D eigenvalue weighted by Crippen LogP contribution is 2.05. The molecule has 0 aromatic carbocycles. The van der Waals surface area contributed by atoms with Crippen molar-refractivity contribution in [1.29, 1.82) is 0 Å². The molecule has 0 saturated carbocycles. The van der Waals surface area contributed by atoms with Crippen LogP contribution in [0.3, 0.4) is 0 Å². The van der Waals surface area contributed by atoms with Gasteiger partial charge in [-0.2, -0.15) is 0 Å². The van der Waals surface area contributed by atoms with Crippen molar-refractivity contribution in [1.82, 2.24) is 10.3 Å². The molecule has 7 heteroatoms. The van der Waals surface area contributed by atoms with E-state index < -0.39 is 0 Å². The molecule has 2 heterocycles. The molecule has 0 spiro atoms. The average molecular weight is 262 g/mol. The summed E-state index contributed by atoms with van der Waals surface area (Å²) in [5.74, 6) is 1.28. The van der Waals surface area contributed by atoms with Crippen molar-refractivity contribution in [2.24, 2.45) is 21.5 Å². The number of aliphatic imine (C=N–C) groups is 2. The number of guanidine groups is 2. The first-order valence-corrected chi connectivity index (χ1v) is 6.38. The molecule has 0 aliphatic carbocycles. The number of nitrogens with zero attached hydrogens (tertiary/aromatic N) is 3. The number of hydrogen-bond acceptors (Lipinski definition) is 3. The fraction of sp³-hybridized carbons (Fsp3) is 0.417. The van der Waals surface area contributed by atoms with Crippen molar-refractivity contribution < 1.29 is 5.32 Å². The molecule has 7 N–H and O–H groups in total. The molecule has 1 aliphatic rings. The highest BCUT2D eigenvalue weighted by molar-refractivity contribution is 5.89. The summed E-state index contributed by atoms with van der Waals surface area (Å²) < 4.78 is 0. The van der Waals surface area contributed by atoms with Crippen molar-refractivity contribution in [3.05, 3.63) is 24.4 Å². The molecule has 0 radical (unpaired) electrons. The number of piperidine rings is 1. The number of rotatable bonds is 2. The zero-order valence-electron chi connectivity index (χ0n) is 10.8. The Labute approximate surface area is 112 Å². The van der Waals surface area contributed by atoms with Crippen LogP contribution >= 0.6 is 0 Å². The Kier molecular flexibility index (Phi) is 4.82. The van der Waals surface area contributed by atoms with Crippen LogP contribution in [0.4, 0.5) is 5.82 Å². The number of quaternary nitrogens is 1. The third kappa shape index (κ3) is 4.65. The molecular formula is C12H20N7+. The van der Waals surface area contributed by atoms with E-state index in [1.165, 1.54) is 0 Å². The molecule has 1 unspecified atom stereocenters. The second-order valence-corrected chi connectivity index (χ2v) is 4.42. The molecule has 2 rings (SSSR count). The third-order valence-electron chi connectivity index (χ3n) is 2.81. The number of hydrogen-bond donors (Lipinski definition) is 4. The van der Waals surface area contributed by atoms with Gasteiger partial charge in [0.2, 0.25) is 11.8 Å². The van der Waals surface area contributed by atoms with Crippen LogP contribution in [0.15, 0.2) is 34.4 Å². The van der Waals surface area contributed by atoms with E-state index in [0.717, 1.165) is 31.7 Å². The van der Waals surface area contributed by atoms with E-state index in [1.54, 1.807) is 11.5 Å². The second-order valence-electron chi connectivity index (χ2n) is 4.42. The van der Waals surface area contributed by atoms with Gasteiger partial charge in [-0.3, -0.25) is 0 Å². The minimum atomic E-state index is 0.195. The highest BCUT2D eigenvalue weighted by Gasteiger charge is 2.12. The SMILES string of the molecule is NC(=NC1CCCNC1)N=C(N)[NH2+]c1ccccn1. The van der Waals surface area contributed by atoms with Crippen LogP contribution in [-0.2, 0) is 0 Å². The molecule has 102 valence electrons. The van der Waals surface area contributed by atoms with Crippen LogP contribution in [0.1, 0.15) is 12.8 Å². The summed E-state index contributed by atoms with van der Waals surface area (Å²) >= 11 is 0. The highest BCUT2D eigenvalue weighted by atomic mass is 15.2. The lowest BCUT2D eigenvalue weighted by molar-refractivity contribution is -0.450. The molecule has 1 fully saturated rings. The largest absolute Gasteiger partial charge is 0.368 e. The van der Waals surface area contributed by atoms with Gasteiger partial charge in [0.25, 0.3) is 0 Å². The summed E-state index contributed by atoms with van der Waals surface area (Å²) in [5, 5.41) is 4.94. The van der Waals surface area contributed by atoms with Gasteiger partial charge in [-0.15, -0.1) is 4.99 Å². The molecule has 19 heavy (non-hydrogen) atoms. The van der Waals surface area contributed by atoms with Crippen LogP contribution in [0, 0.1) is 0 Å². The molecule has 0 amide bonds. The summed E-state index contributed by atoms with van der Waals surface area (Å²) in [4.78, 5) is 12.5. The van der Waals surface area contributed by atoms with Crippen LogP contribution in [-0.4, -0.2) is 36.0 Å². The number of nitrogens with one attached hydrogen (secondary N) is 1. The topological polar surface area (TPSA) is 118 Å². The average Bonchev–Trinajstić information content (AvgIpc) is 2.40. The molecule has 1 saturated heterocycles. The van der Waals surface area contributed by atoms with Gasteiger partial charge >= 0.3 is 5.96 Å². The van der Waals surface area contributed by atoms with Gasteiger partial charge in [0, 0.05) is 18.8 Å². The monoisotopic (exact) mass is 262 g/mol. The summed E-state index contributed by atoms with van der Waals surface area (Å²) in [5.41, 5.74) is 11.6. The van der Waals surface area contributed by atoms with Crippen molar-refractivity contribution >= 4 is 17.7 Å². The van der Waals surface area contributed by atoms with Crippen LogP contribution in [0.25, 0.3) is 0 Å². The van der Waals surface area contributed by atoms with Gasteiger partial charge in [-0.25, -0.2) is 15.3 Å². The number of nitrogens with two attached hydrogens (primary N) is 3. The molecule has 1 aromatic heterocycles. The Morgan fingerprint density at radius 2 is 2.32 bits per heavy atom. The molecular weight excluding hydrogens is 242 g/mol. The molecule has 7 nitrogen and oxygen atoms in total. The molecule has 1 atom stereocenters. The number of pyridine rings is 1. The lowest BCUT2D eigenvalue weighted by atomic mass is 10.1. The lowest BCUT2D eigenvalue weighted by Gasteiger charge is -2.18. The van der Waals surface area contributed by atoms with Gasteiger partial charge in [0.1, 0.15) is 0 Å². The lowest BCUT2D eigenvalue weighted by Crippen LogP contribution is -2.85. The van der Waals surface area contributed by atoms with Crippen LogP contribution < -0.4 is 22.1 Å². The van der Waals surface area contributed by atoms with Gasteiger partial charge in [0.05, 0.1) is 6.04 Å². The predicted octanol–water partition coefficient (Wildman–Crippen LogP) is -1.34. The molecule has 1 aromatic rings. The van der Waals surface area contributed by atoms with Crippen LogP contribution in [0.2, 0.25) is 0 Å². The first-order chi connectivity index (χ1) is 9.24. The second kappa shape index (κ2) is 6.81. The Morgan fingerprint density at radius 1 is 1.42 bits per heavy atom. The van der Waals surface area contributed by atoms with E-state index in [0.29, 0.717) is 5.96 Å². The maximum absolute atomic E-state index is 5.79. The van der Waals surface area contributed by atoms with Gasteiger partial charge in [0.15, 0.2) is 0 Å². The minimum absolute atomic E-state index is 0.195. The summed E-state index contributed by atoms with van der Waals surface area (Å²) in [6.45, 7) is 1.89. The summed E-state index contributed by atoms with van der Waals surface area (Å²) in [6, 6.07) is 5.77. The van der Waals surface area contributed by atoms with Crippen molar-refractivity contribution in [2.45, 2.75) is 18.9 Å². The number of aromatic nitrogens is 1. The Bertz CT molecular complexity index is 448. The van der Waals surface area contributed by atoms with E-state index >= 15 is 0 Å². The van der Waals surface area contributed by atoms with Crippen molar-refractivity contribution in [3.8, 4) is 0 Å². The van der Waals surface area contributed by atoms with Gasteiger partial charge in [-0.05, 0) is 25.5 Å². The van der Waals surface area contributed by atoms with E-state index in [1.807, 2.05) is 18.2 Å². The maximum Gasteiger partial charge on any atom is 0.306 e. The Hall–Kier alpha value is -1.99. The smallest absolute Gasteiger partial charge is 0.306 e. The van der Waals surface area contributed by atoms with Gasteiger partial charge < -0.3 is 16.8 Å². The first kappa shape index (κ1) is 13.4. The summed E-state index contributed by atoms with van der Waals surface area (Å²) in [6.07, 6.45) is 3.85.